The van der Waals surface area contributed by atoms with E-state index in [1.165, 1.54) is 24.3 Å². The van der Waals surface area contributed by atoms with Gasteiger partial charge in [-0.15, -0.1) is 0 Å². The highest BCUT2D eigenvalue weighted by molar-refractivity contribution is 7.91. The lowest BCUT2D eigenvalue weighted by Gasteiger charge is -2.12. The van der Waals surface area contributed by atoms with Crippen molar-refractivity contribution in [1.29, 1.82) is 0 Å². The van der Waals surface area contributed by atoms with Crippen molar-refractivity contribution >= 4 is 17.1 Å². The van der Waals surface area contributed by atoms with Gasteiger partial charge in [0.1, 0.15) is 11.6 Å². The summed E-state index contributed by atoms with van der Waals surface area (Å²) in [6.45, 7) is 0. The summed E-state index contributed by atoms with van der Waals surface area (Å²) in [5.74, 6) is -1.46. The predicted octanol–water partition coefficient (Wildman–Crippen LogP) is 1.16. The van der Waals surface area contributed by atoms with E-state index < -0.39 is 29.1 Å². The van der Waals surface area contributed by atoms with E-state index in [0.29, 0.717) is 4.90 Å². The Morgan fingerprint density at radius 1 is 1.53 bits per heavy atom. The molecule has 0 aromatic heterocycles. The average molecular weight is 260 g/mol. The van der Waals surface area contributed by atoms with Gasteiger partial charge in [-0.05, 0) is 23.3 Å². The number of halogens is 1. The zero-order valence-electron chi connectivity index (χ0n) is 9.01. The van der Waals surface area contributed by atoms with Gasteiger partial charge in [-0.1, -0.05) is 6.07 Å². The Labute approximate surface area is 101 Å². The van der Waals surface area contributed by atoms with E-state index >= 15 is 0 Å². The van der Waals surface area contributed by atoms with Crippen LogP contribution in [0.15, 0.2) is 29.2 Å². The van der Waals surface area contributed by atoms with Crippen molar-refractivity contribution in [2.24, 2.45) is 0 Å². The average Bonchev–Trinajstić information content (AvgIpc) is 2.25. The number of benzene rings is 1. The Morgan fingerprint density at radius 2 is 2.24 bits per heavy atom. The molecule has 0 bridgehead atoms. The maximum atomic E-state index is 12.8. The fourth-order valence-corrected chi connectivity index (χ4v) is 2.47. The molecule has 1 aromatic rings. The summed E-state index contributed by atoms with van der Waals surface area (Å²) >= 11 is -1.42. The molecule has 0 spiro atoms. The molecule has 2 atom stereocenters. The fraction of sp³-hybridized carbons (Fsp3) is 0.364. The van der Waals surface area contributed by atoms with Crippen LogP contribution in [0.5, 0.6) is 0 Å². The van der Waals surface area contributed by atoms with Gasteiger partial charge in [-0.2, -0.15) is 0 Å². The van der Waals surface area contributed by atoms with Gasteiger partial charge in [-0.3, -0.25) is 4.79 Å². The van der Waals surface area contributed by atoms with Crippen molar-refractivity contribution in [1.82, 2.24) is 0 Å². The van der Waals surface area contributed by atoms with E-state index in [2.05, 4.69) is 0 Å². The monoisotopic (exact) mass is 260 g/mol. The number of aliphatic carboxylic acids is 1. The summed E-state index contributed by atoms with van der Waals surface area (Å²) in [6, 6.07) is 5.40. The summed E-state index contributed by atoms with van der Waals surface area (Å²) in [6.07, 6.45) is -1.29. The standard InChI is InChI=1S/C11H13FO4S/c12-8-2-1-3-10(6-8)17(16)5-4-9(13)7-11(14)15/h1-3,6,9,13H,4-5,7H2,(H,14,15). The van der Waals surface area contributed by atoms with E-state index in [-0.39, 0.29) is 18.6 Å². The molecule has 1 rings (SSSR count). The van der Waals surface area contributed by atoms with Crippen LogP contribution in [0.1, 0.15) is 12.8 Å². The maximum absolute atomic E-state index is 12.8. The molecule has 1 aromatic carbocycles. The maximum Gasteiger partial charge on any atom is 0.305 e. The highest BCUT2D eigenvalue weighted by atomic mass is 32.2. The SMILES string of the molecule is O=C(O)CC(O)CC[S+]([O-])c1cccc(F)c1. The number of aliphatic hydroxyl groups is 1. The predicted molar refractivity (Wildman–Crippen MR) is 60.6 cm³/mol. The highest BCUT2D eigenvalue weighted by Gasteiger charge is 2.16. The summed E-state index contributed by atoms with van der Waals surface area (Å²) in [4.78, 5) is 10.6. The van der Waals surface area contributed by atoms with Crippen molar-refractivity contribution in [3.05, 3.63) is 30.1 Å². The minimum atomic E-state index is -1.42. The molecule has 0 aliphatic carbocycles. The number of hydrogen-bond donors (Lipinski definition) is 2. The second-order valence-corrected chi connectivity index (χ2v) is 5.12. The second kappa shape index (κ2) is 6.58. The normalized spacial score (nSPS) is 14.3. The van der Waals surface area contributed by atoms with Crippen LogP contribution in [-0.4, -0.2) is 32.6 Å². The fourth-order valence-electron chi connectivity index (χ4n) is 1.27. The van der Waals surface area contributed by atoms with Gasteiger partial charge in [0.25, 0.3) is 0 Å². The molecule has 0 saturated carbocycles. The largest absolute Gasteiger partial charge is 0.611 e. The van der Waals surface area contributed by atoms with Gasteiger partial charge in [0.15, 0.2) is 4.90 Å². The van der Waals surface area contributed by atoms with Gasteiger partial charge in [0.05, 0.1) is 12.5 Å². The van der Waals surface area contributed by atoms with Crippen LogP contribution >= 0.6 is 0 Å². The van der Waals surface area contributed by atoms with E-state index in [4.69, 9.17) is 5.11 Å². The Hall–Kier alpha value is -1.11. The topological polar surface area (TPSA) is 80.6 Å². The Kier molecular flexibility index (Phi) is 5.40. The van der Waals surface area contributed by atoms with E-state index in [0.717, 1.165) is 0 Å². The Bertz CT molecular complexity index is 385. The van der Waals surface area contributed by atoms with Crippen LogP contribution in [0.3, 0.4) is 0 Å². The Morgan fingerprint density at radius 3 is 2.82 bits per heavy atom. The van der Waals surface area contributed by atoms with Gasteiger partial charge in [0, 0.05) is 12.5 Å². The first-order valence-electron chi connectivity index (χ1n) is 5.03. The highest BCUT2D eigenvalue weighted by Crippen LogP contribution is 2.14. The molecule has 0 heterocycles. The lowest BCUT2D eigenvalue weighted by molar-refractivity contribution is -0.139. The molecule has 0 aliphatic rings. The number of rotatable bonds is 6. The molecule has 0 saturated heterocycles. The van der Waals surface area contributed by atoms with Crippen LogP contribution in [-0.2, 0) is 16.0 Å². The third kappa shape index (κ3) is 5.16. The van der Waals surface area contributed by atoms with Gasteiger partial charge < -0.3 is 14.8 Å². The summed E-state index contributed by atoms with van der Waals surface area (Å²) in [7, 11) is 0. The van der Waals surface area contributed by atoms with Gasteiger partial charge in [-0.25, -0.2) is 4.39 Å². The Balaban J connectivity index is 2.44. The summed E-state index contributed by atoms with van der Waals surface area (Å²) in [5, 5.41) is 17.7. The van der Waals surface area contributed by atoms with E-state index in [1.54, 1.807) is 0 Å². The molecule has 0 fully saturated rings. The van der Waals surface area contributed by atoms with Crippen molar-refractivity contribution < 1.29 is 24.0 Å². The number of hydrogen-bond acceptors (Lipinski definition) is 3. The summed E-state index contributed by atoms with van der Waals surface area (Å²) in [5.41, 5.74) is 0. The first-order chi connectivity index (χ1) is 7.99. The van der Waals surface area contributed by atoms with Gasteiger partial charge >= 0.3 is 5.97 Å². The minimum absolute atomic E-state index is 0.107. The lowest BCUT2D eigenvalue weighted by Crippen LogP contribution is -2.18. The van der Waals surface area contributed by atoms with Crippen LogP contribution < -0.4 is 0 Å². The smallest absolute Gasteiger partial charge is 0.305 e. The van der Waals surface area contributed by atoms with Gasteiger partial charge in [0.2, 0.25) is 0 Å². The zero-order chi connectivity index (χ0) is 12.8. The van der Waals surface area contributed by atoms with Crippen molar-refractivity contribution in [3.8, 4) is 0 Å². The number of carbonyl (C=O) groups is 1. The minimum Gasteiger partial charge on any atom is -0.611 e. The number of carboxylic acids is 1. The van der Waals surface area contributed by atoms with Crippen LogP contribution in [0.4, 0.5) is 4.39 Å². The molecular formula is C11H13FO4S. The zero-order valence-corrected chi connectivity index (χ0v) is 9.82. The third-order valence-electron chi connectivity index (χ3n) is 2.11. The molecule has 4 nitrogen and oxygen atoms in total. The van der Waals surface area contributed by atoms with Crippen molar-refractivity contribution in [2.45, 2.75) is 23.8 Å². The van der Waals surface area contributed by atoms with Crippen molar-refractivity contribution in [3.63, 3.8) is 0 Å². The third-order valence-corrected chi connectivity index (χ3v) is 3.49. The molecular weight excluding hydrogens is 247 g/mol. The molecule has 94 valence electrons. The molecule has 0 aliphatic heterocycles. The van der Waals surface area contributed by atoms with E-state index in [1.807, 2.05) is 0 Å². The molecule has 2 unspecified atom stereocenters. The number of aliphatic hydroxyl groups excluding tert-OH is 1. The second-order valence-electron chi connectivity index (χ2n) is 3.55. The summed E-state index contributed by atoms with van der Waals surface area (Å²) < 4.78 is 24.5. The van der Waals surface area contributed by atoms with Crippen LogP contribution in [0.2, 0.25) is 0 Å². The molecule has 6 heteroatoms. The quantitative estimate of drug-likeness (QED) is 0.752. The van der Waals surface area contributed by atoms with Crippen LogP contribution in [0.25, 0.3) is 0 Å². The first-order valence-corrected chi connectivity index (χ1v) is 6.34. The lowest BCUT2D eigenvalue weighted by atomic mass is 10.2. The number of carboxylic acid groups (broad SMARTS) is 1. The molecule has 17 heavy (non-hydrogen) atoms. The van der Waals surface area contributed by atoms with E-state index in [9.17, 15) is 18.8 Å². The molecule has 2 N–H and O–H groups in total. The molecule has 0 amide bonds. The van der Waals surface area contributed by atoms with Crippen LogP contribution in [0, 0.1) is 5.82 Å². The first kappa shape index (κ1) is 14.0. The molecule has 0 radical (unpaired) electrons. The van der Waals surface area contributed by atoms with Crippen molar-refractivity contribution in [2.75, 3.05) is 5.75 Å².